The number of piperazine rings is 1. The zero-order chi connectivity index (χ0) is 13.8. The molecule has 2 aromatic rings. The van der Waals surface area contributed by atoms with E-state index in [1.54, 1.807) is 12.4 Å². The van der Waals surface area contributed by atoms with Gasteiger partial charge in [0.25, 0.3) is 0 Å². The molecule has 0 amide bonds. The van der Waals surface area contributed by atoms with Crippen molar-refractivity contribution in [2.75, 3.05) is 19.6 Å². The molecule has 1 aliphatic heterocycles. The summed E-state index contributed by atoms with van der Waals surface area (Å²) in [5.41, 5.74) is 1.33. The Bertz CT molecular complexity index is 543. The fraction of sp³-hybridized carbons (Fsp3) is 0.375. The monoisotopic (exact) mass is 268 g/mol. The first-order chi connectivity index (χ1) is 9.76. The summed E-state index contributed by atoms with van der Waals surface area (Å²) in [4.78, 5) is 11.1. The Kier molecular flexibility index (Phi) is 3.76. The standard InChI is InChI=1S/C16H20N4/c1-16(14-6-3-2-4-7-14)13-20(11-10-19-16)12-15-17-8-5-9-18-15/h2-9,19H,10-13H2,1H3. The second-order valence-electron chi connectivity index (χ2n) is 5.50. The Morgan fingerprint density at radius 3 is 2.65 bits per heavy atom. The number of hydrogen-bond acceptors (Lipinski definition) is 4. The van der Waals surface area contributed by atoms with Crippen LogP contribution in [0.4, 0.5) is 0 Å². The Morgan fingerprint density at radius 1 is 1.15 bits per heavy atom. The van der Waals surface area contributed by atoms with Crippen molar-refractivity contribution in [1.29, 1.82) is 0 Å². The third-order valence-corrected chi connectivity index (χ3v) is 3.88. The molecule has 2 heterocycles. The van der Waals surface area contributed by atoms with Gasteiger partial charge in [-0.2, -0.15) is 0 Å². The molecule has 4 nitrogen and oxygen atoms in total. The summed E-state index contributed by atoms with van der Waals surface area (Å²) in [6, 6.07) is 12.5. The van der Waals surface area contributed by atoms with Crippen LogP contribution in [0.15, 0.2) is 48.8 Å². The Morgan fingerprint density at radius 2 is 1.90 bits per heavy atom. The van der Waals surface area contributed by atoms with Crippen molar-refractivity contribution in [2.45, 2.75) is 19.0 Å². The van der Waals surface area contributed by atoms with Crippen molar-refractivity contribution in [2.24, 2.45) is 0 Å². The van der Waals surface area contributed by atoms with E-state index in [2.05, 4.69) is 57.4 Å². The molecule has 0 saturated carbocycles. The highest BCUT2D eigenvalue weighted by molar-refractivity contribution is 5.24. The molecular formula is C16H20N4. The molecule has 0 spiro atoms. The minimum Gasteiger partial charge on any atom is -0.305 e. The summed E-state index contributed by atoms with van der Waals surface area (Å²) in [7, 11) is 0. The summed E-state index contributed by atoms with van der Waals surface area (Å²) < 4.78 is 0. The summed E-state index contributed by atoms with van der Waals surface area (Å²) in [5.74, 6) is 0.893. The lowest BCUT2D eigenvalue weighted by molar-refractivity contribution is 0.133. The van der Waals surface area contributed by atoms with Crippen LogP contribution in [0.25, 0.3) is 0 Å². The van der Waals surface area contributed by atoms with Crippen LogP contribution in [0.5, 0.6) is 0 Å². The van der Waals surface area contributed by atoms with E-state index in [9.17, 15) is 0 Å². The van der Waals surface area contributed by atoms with Gasteiger partial charge in [-0.1, -0.05) is 30.3 Å². The molecule has 1 atom stereocenters. The van der Waals surface area contributed by atoms with E-state index in [0.717, 1.165) is 32.0 Å². The molecule has 0 bridgehead atoms. The minimum absolute atomic E-state index is 0.00566. The number of nitrogens with one attached hydrogen (secondary N) is 1. The molecular weight excluding hydrogens is 248 g/mol. The van der Waals surface area contributed by atoms with Crippen LogP contribution in [0.1, 0.15) is 18.3 Å². The number of hydrogen-bond donors (Lipinski definition) is 1. The fourth-order valence-corrected chi connectivity index (χ4v) is 2.82. The maximum Gasteiger partial charge on any atom is 0.142 e. The molecule has 1 aromatic carbocycles. The number of rotatable bonds is 3. The number of benzene rings is 1. The average Bonchev–Trinajstić information content (AvgIpc) is 2.49. The van der Waals surface area contributed by atoms with Gasteiger partial charge in [0, 0.05) is 32.0 Å². The lowest BCUT2D eigenvalue weighted by Gasteiger charge is -2.41. The first-order valence-corrected chi connectivity index (χ1v) is 7.05. The van der Waals surface area contributed by atoms with Crippen molar-refractivity contribution >= 4 is 0 Å². The van der Waals surface area contributed by atoms with Crippen LogP contribution in [0.3, 0.4) is 0 Å². The zero-order valence-corrected chi connectivity index (χ0v) is 11.8. The summed E-state index contributed by atoms with van der Waals surface area (Å²) >= 11 is 0. The molecule has 1 fully saturated rings. The van der Waals surface area contributed by atoms with Crippen molar-refractivity contribution < 1.29 is 0 Å². The Hall–Kier alpha value is -1.78. The zero-order valence-electron chi connectivity index (χ0n) is 11.8. The lowest BCUT2D eigenvalue weighted by atomic mass is 9.89. The molecule has 1 unspecified atom stereocenters. The van der Waals surface area contributed by atoms with Gasteiger partial charge in [0.05, 0.1) is 12.1 Å². The predicted octanol–water partition coefficient (Wildman–Crippen LogP) is 1.80. The lowest BCUT2D eigenvalue weighted by Crippen LogP contribution is -2.56. The van der Waals surface area contributed by atoms with Gasteiger partial charge < -0.3 is 5.32 Å². The minimum atomic E-state index is -0.00566. The van der Waals surface area contributed by atoms with Crippen LogP contribution in [-0.4, -0.2) is 34.5 Å². The Balaban J connectivity index is 1.73. The SMILES string of the molecule is CC1(c2ccccc2)CN(Cc2ncccn2)CCN1. The van der Waals surface area contributed by atoms with Gasteiger partial charge in [-0.15, -0.1) is 0 Å². The van der Waals surface area contributed by atoms with E-state index in [1.807, 2.05) is 6.07 Å². The molecule has 1 aliphatic rings. The molecule has 1 N–H and O–H groups in total. The first kappa shape index (κ1) is 13.2. The van der Waals surface area contributed by atoms with Gasteiger partial charge >= 0.3 is 0 Å². The highest BCUT2D eigenvalue weighted by Crippen LogP contribution is 2.24. The molecule has 1 saturated heterocycles. The van der Waals surface area contributed by atoms with Crippen molar-refractivity contribution in [3.05, 3.63) is 60.2 Å². The topological polar surface area (TPSA) is 41.1 Å². The van der Waals surface area contributed by atoms with Gasteiger partial charge in [-0.3, -0.25) is 4.90 Å². The van der Waals surface area contributed by atoms with E-state index in [1.165, 1.54) is 5.56 Å². The van der Waals surface area contributed by atoms with Gasteiger partial charge in [0.15, 0.2) is 0 Å². The Labute approximate surface area is 119 Å². The smallest absolute Gasteiger partial charge is 0.142 e. The molecule has 0 radical (unpaired) electrons. The van der Waals surface area contributed by atoms with Crippen LogP contribution >= 0.6 is 0 Å². The maximum absolute atomic E-state index is 4.32. The third-order valence-electron chi connectivity index (χ3n) is 3.88. The molecule has 104 valence electrons. The summed E-state index contributed by atoms with van der Waals surface area (Å²) in [5, 5.41) is 3.65. The van der Waals surface area contributed by atoms with Crippen molar-refractivity contribution in [1.82, 2.24) is 20.2 Å². The largest absolute Gasteiger partial charge is 0.305 e. The molecule has 3 rings (SSSR count). The van der Waals surface area contributed by atoms with Crippen LogP contribution in [0, 0.1) is 0 Å². The quantitative estimate of drug-likeness (QED) is 0.921. The normalized spacial score (nSPS) is 23.6. The molecule has 20 heavy (non-hydrogen) atoms. The van der Waals surface area contributed by atoms with Crippen molar-refractivity contribution in [3.8, 4) is 0 Å². The second kappa shape index (κ2) is 5.69. The fourth-order valence-electron chi connectivity index (χ4n) is 2.82. The second-order valence-corrected chi connectivity index (χ2v) is 5.50. The molecule has 1 aromatic heterocycles. The molecule has 0 aliphatic carbocycles. The van der Waals surface area contributed by atoms with Gasteiger partial charge in [0.1, 0.15) is 5.82 Å². The maximum atomic E-state index is 4.32. The third kappa shape index (κ3) is 2.86. The summed E-state index contributed by atoms with van der Waals surface area (Å²) in [6.45, 7) is 6.06. The van der Waals surface area contributed by atoms with Crippen LogP contribution in [0.2, 0.25) is 0 Å². The van der Waals surface area contributed by atoms with Crippen molar-refractivity contribution in [3.63, 3.8) is 0 Å². The molecule has 4 heteroatoms. The van der Waals surface area contributed by atoms with E-state index in [0.29, 0.717) is 0 Å². The van der Waals surface area contributed by atoms with Crippen LogP contribution in [-0.2, 0) is 12.1 Å². The van der Waals surface area contributed by atoms with E-state index in [4.69, 9.17) is 0 Å². The first-order valence-electron chi connectivity index (χ1n) is 7.05. The van der Waals surface area contributed by atoms with Gasteiger partial charge in [0.2, 0.25) is 0 Å². The van der Waals surface area contributed by atoms with Gasteiger partial charge in [-0.05, 0) is 18.6 Å². The van der Waals surface area contributed by atoms with E-state index < -0.39 is 0 Å². The van der Waals surface area contributed by atoms with E-state index >= 15 is 0 Å². The average molecular weight is 268 g/mol. The van der Waals surface area contributed by atoms with Gasteiger partial charge in [-0.25, -0.2) is 9.97 Å². The number of nitrogens with zero attached hydrogens (tertiary/aromatic N) is 3. The van der Waals surface area contributed by atoms with Crippen LogP contribution < -0.4 is 5.32 Å². The number of aromatic nitrogens is 2. The predicted molar refractivity (Wildman–Crippen MR) is 79.1 cm³/mol. The highest BCUT2D eigenvalue weighted by atomic mass is 15.2. The highest BCUT2D eigenvalue weighted by Gasteiger charge is 2.32. The van der Waals surface area contributed by atoms with E-state index in [-0.39, 0.29) is 5.54 Å². The summed E-state index contributed by atoms with van der Waals surface area (Å²) in [6.07, 6.45) is 3.61.